The molecule has 162 valence electrons. The van der Waals surface area contributed by atoms with E-state index >= 15 is 0 Å². The number of hydrogen-bond donors (Lipinski definition) is 1. The van der Waals surface area contributed by atoms with Crippen molar-refractivity contribution in [3.63, 3.8) is 0 Å². The van der Waals surface area contributed by atoms with E-state index < -0.39 is 11.6 Å². The van der Waals surface area contributed by atoms with E-state index in [-0.39, 0.29) is 36.2 Å². The minimum atomic E-state index is -0.645. The van der Waals surface area contributed by atoms with Crippen LogP contribution in [0.25, 0.3) is 5.69 Å². The van der Waals surface area contributed by atoms with Gasteiger partial charge >= 0.3 is 0 Å². The van der Waals surface area contributed by atoms with Gasteiger partial charge in [-0.15, -0.1) is 12.4 Å². The lowest BCUT2D eigenvalue weighted by Gasteiger charge is -2.33. The maximum Gasteiger partial charge on any atom is 0.151 e. The third kappa shape index (κ3) is 5.74. The average Bonchev–Trinajstić information content (AvgIpc) is 3.03. The lowest BCUT2D eigenvalue weighted by Crippen LogP contribution is -2.42. The Morgan fingerprint density at radius 2 is 2.03 bits per heavy atom. The van der Waals surface area contributed by atoms with E-state index in [0.717, 1.165) is 31.7 Å². The first-order chi connectivity index (χ1) is 13.4. The van der Waals surface area contributed by atoms with Crippen molar-refractivity contribution in [1.82, 2.24) is 14.8 Å². The van der Waals surface area contributed by atoms with E-state index in [1.807, 2.05) is 0 Å². The lowest BCUT2D eigenvalue weighted by atomic mass is 9.83. The van der Waals surface area contributed by atoms with Gasteiger partial charge in [0.05, 0.1) is 6.10 Å². The standard InChI is InChI=1S/C21H30F2N4O.ClH/c1-4-9-28-19-11-14(5-7-17(19)24)21-25-20(10-13(2)3)26-27(21)18-8-6-15(22)12-16(18)23;/h6,8,12-14,17,19H,4-5,7,9-11,24H2,1-3H3;1H/t14-,17+,19+;/m0./s1. The van der Waals surface area contributed by atoms with Crippen LogP contribution in [0.15, 0.2) is 18.2 Å². The van der Waals surface area contributed by atoms with Crippen LogP contribution >= 0.6 is 12.4 Å². The van der Waals surface area contributed by atoms with Gasteiger partial charge in [0.25, 0.3) is 0 Å². The highest BCUT2D eigenvalue weighted by atomic mass is 35.5. The first-order valence-corrected chi connectivity index (χ1v) is 10.2. The first-order valence-electron chi connectivity index (χ1n) is 10.2. The predicted octanol–water partition coefficient (Wildman–Crippen LogP) is 4.56. The third-order valence-corrected chi connectivity index (χ3v) is 5.15. The van der Waals surface area contributed by atoms with Gasteiger partial charge in [-0.05, 0) is 43.7 Å². The maximum atomic E-state index is 14.5. The summed E-state index contributed by atoms with van der Waals surface area (Å²) in [5.41, 5.74) is 6.47. The van der Waals surface area contributed by atoms with Crippen LogP contribution in [0.3, 0.4) is 0 Å². The largest absolute Gasteiger partial charge is 0.377 e. The molecule has 3 atom stereocenters. The van der Waals surface area contributed by atoms with Gasteiger partial charge in [0.1, 0.15) is 17.3 Å². The van der Waals surface area contributed by atoms with E-state index in [0.29, 0.717) is 30.6 Å². The lowest BCUT2D eigenvalue weighted by molar-refractivity contribution is 0.00883. The third-order valence-electron chi connectivity index (χ3n) is 5.15. The van der Waals surface area contributed by atoms with Crippen LogP contribution in [0.2, 0.25) is 0 Å². The Balaban J connectivity index is 0.00000300. The molecule has 0 bridgehead atoms. The van der Waals surface area contributed by atoms with Crippen LogP contribution in [0, 0.1) is 17.6 Å². The smallest absolute Gasteiger partial charge is 0.151 e. The summed E-state index contributed by atoms with van der Waals surface area (Å²) in [6, 6.07) is 3.54. The molecule has 1 fully saturated rings. The van der Waals surface area contributed by atoms with Gasteiger partial charge in [-0.1, -0.05) is 20.8 Å². The molecule has 1 heterocycles. The van der Waals surface area contributed by atoms with Gasteiger partial charge in [-0.25, -0.2) is 18.4 Å². The van der Waals surface area contributed by atoms with Crippen molar-refractivity contribution in [2.75, 3.05) is 6.61 Å². The molecular weight excluding hydrogens is 398 g/mol. The molecule has 1 aromatic heterocycles. The molecule has 1 aliphatic carbocycles. The second-order valence-corrected chi connectivity index (χ2v) is 8.07. The molecule has 0 spiro atoms. The summed E-state index contributed by atoms with van der Waals surface area (Å²) in [6.07, 6.45) is 3.97. The Morgan fingerprint density at radius 3 is 2.69 bits per heavy atom. The number of aromatic nitrogens is 3. The molecule has 2 N–H and O–H groups in total. The molecule has 1 aliphatic rings. The van der Waals surface area contributed by atoms with Crippen molar-refractivity contribution < 1.29 is 13.5 Å². The number of benzene rings is 1. The van der Waals surface area contributed by atoms with Crippen molar-refractivity contribution in [1.29, 1.82) is 0 Å². The number of halogens is 3. The Kier molecular flexibility index (Phi) is 8.55. The highest BCUT2D eigenvalue weighted by molar-refractivity contribution is 5.85. The second-order valence-electron chi connectivity index (χ2n) is 8.07. The van der Waals surface area contributed by atoms with E-state index in [2.05, 4.69) is 25.9 Å². The zero-order valence-electron chi connectivity index (χ0n) is 17.3. The molecule has 0 amide bonds. The Morgan fingerprint density at radius 1 is 1.28 bits per heavy atom. The predicted molar refractivity (Wildman–Crippen MR) is 112 cm³/mol. The zero-order chi connectivity index (χ0) is 20.3. The van der Waals surface area contributed by atoms with Crippen LogP contribution in [0.1, 0.15) is 64.0 Å². The van der Waals surface area contributed by atoms with E-state index in [1.165, 1.54) is 12.1 Å². The summed E-state index contributed by atoms with van der Waals surface area (Å²) in [6.45, 7) is 6.92. The fourth-order valence-electron chi connectivity index (χ4n) is 3.76. The van der Waals surface area contributed by atoms with Crippen LogP contribution in [-0.4, -0.2) is 33.5 Å². The molecule has 2 aromatic rings. The van der Waals surface area contributed by atoms with E-state index in [1.54, 1.807) is 4.68 Å². The fourth-order valence-corrected chi connectivity index (χ4v) is 3.76. The number of rotatable bonds is 7. The van der Waals surface area contributed by atoms with Gasteiger partial charge in [0.2, 0.25) is 0 Å². The van der Waals surface area contributed by atoms with Crippen LogP contribution in [0.4, 0.5) is 8.78 Å². The molecule has 8 heteroatoms. The average molecular weight is 429 g/mol. The normalized spacial score (nSPS) is 22.0. The van der Waals surface area contributed by atoms with Crippen LogP contribution in [-0.2, 0) is 11.2 Å². The summed E-state index contributed by atoms with van der Waals surface area (Å²) in [5.74, 6) is 0.574. The van der Waals surface area contributed by atoms with Gasteiger partial charge in [-0.3, -0.25) is 0 Å². The number of nitrogens with zero attached hydrogens (tertiary/aromatic N) is 3. The van der Waals surface area contributed by atoms with Crippen molar-refractivity contribution in [3.8, 4) is 5.69 Å². The quantitative estimate of drug-likeness (QED) is 0.702. The summed E-state index contributed by atoms with van der Waals surface area (Å²) >= 11 is 0. The number of nitrogens with two attached hydrogens (primary N) is 1. The minimum absolute atomic E-state index is 0. The monoisotopic (exact) mass is 428 g/mol. The Bertz CT molecular complexity index is 799. The van der Waals surface area contributed by atoms with Crippen molar-refractivity contribution >= 4 is 12.4 Å². The molecule has 0 unspecified atom stereocenters. The molecule has 0 radical (unpaired) electrons. The topological polar surface area (TPSA) is 66.0 Å². The highest BCUT2D eigenvalue weighted by Gasteiger charge is 2.33. The van der Waals surface area contributed by atoms with Crippen molar-refractivity contribution in [2.45, 2.75) is 70.9 Å². The number of ether oxygens (including phenoxy) is 1. The van der Waals surface area contributed by atoms with Crippen molar-refractivity contribution in [3.05, 3.63) is 41.5 Å². The second kappa shape index (κ2) is 10.5. The van der Waals surface area contributed by atoms with Gasteiger partial charge in [-0.2, -0.15) is 5.10 Å². The molecule has 29 heavy (non-hydrogen) atoms. The summed E-state index contributed by atoms with van der Waals surface area (Å²) in [4.78, 5) is 4.75. The molecule has 1 saturated carbocycles. The highest BCUT2D eigenvalue weighted by Crippen LogP contribution is 2.34. The van der Waals surface area contributed by atoms with Gasteiger partial charge in [0.15, 0.2) is 11.6 Å². The first kappa shape index (κ1) is 23.7. The SMILES string of the molecule is CCCO[C@@H]1C[C@@H](c2nc(CC(C)C)nn2-c2ccc(F)cc2F)CC[C@H]1N.Cl. The van der Waals surface area contributed by atoms with Crippen molar-refractivity contribution in [2.24, 2.45) is 11.7 Å². The summed E-state index contributed by atoms with van der Waals surface area (Å²) in [5, 5.41) is 4.56. The van der Waals surface area contributed by atoms with Crippen LogP contribution in [0.5, 0.6) is 0 Å². The molecule has 0 saturated heterocycles. The van der Waals surface area contributed by atoms with Gasteiger partial charge < -0.3 is 10.5 Å². The maximum absolute atomic E-state index is 14.5. The minimum Gasteiger partial charge on any atom is -0.377 e. The van der Waals surface area contributed by atoms with Gasteiger partial charge in [0, 0.05) is 31.1 Å². The zero-order valence-corrected chi connectivity index (χ0v) is 18.1. The number of hydrogen-bond acceptors (Lipinski definition) is 4. The molecule has 5 nitrogen and oxygen atoms in total. The summed E-state index contributed by atoms with van der Waals surface area (Å²) < 4.78 is 35.4. The molecule has 1 aromatic carbocycles. The van der Waals surface area contributed by atoms with E-state index in [4.69, 9.17) is 15.5 Å². The fraction of sp³-hybridized carbons (Fsp3) is 0.619. The Hall–Kier alpha value is -1.57. The molecule has 0 aliphatic heterocycles. The Labute approximate surface area is 177 Å². The van der Waals surface area contributed by atoms with Crippen LogP contribution < -0.4 is 5.73 Å². The summed E-state index contributed by atoms with van der Waals surface area (Å²) in [7, 11) is 0. The molecule has 3 rings (SSSR count). The molecular formula is C21H31ClF2N4O. The van der Waals surface area contributed by atoms with E-state index in [9.17, 15) is 8.78 Å².